The average molecular weight is 364 g/mol. The molecule has 9 heteroatoms. The molecule has 1 aliphatic rings. The Labute approximate surface area is 153 Å². The zero-order valence-corrected chi connectivity index (χ0v) is 14.7. The number of nitrogens with zero attached hydrogens (tertiary/aromatic N) is 8. The fourth-order valence-corrected chi connectivity index (χ4v) is 3.87. The lowest BCUT2D eigenvalue weighted by Gasteiger charge is -2.12. The molecule has 8 nitrogen and oxygen atoms in total. The summed E-state index contributed by atoms with van der Waals surface area (Å²) in [6, 6.07) is 6.17. The molecule has 1 saturated carbocycles. The molecule has 5 rings (SSSR count). The number of rotatable bonds is 4. The quantitative estimate of drug-likeness (QED) is 0.553. The van der Waals surface area contributed by atoms with Crippen LogP contribution in [0.1, 0.15) is 31.7 Å². The first-order chi connectivity index (χ1) is 12.9. The van der Waals surface area contributed by atoms with Gasteiger partial charge in [0.1, 0.15) is 24.0 Å². The fourth-order valence-electron chi connectivity index (χ4n) is 3.33. The largest absolute Gasteiger partial charge is 0.241 e. The number of thiazole rings is 1. The standard InChI is InChI=1S/C17H16N8S/c1-2-5-12(4-1)25-17(22-16(23-25)14-8-26-11-19-14)13-6-3-7-15(21-13)24-10-18-9-20-24/h3,6-12H,1-2,4-5H2. The van der Waals surface area contributed by atoms with Gasteiger partial charge in [0, 0.05) is 5.38 Å². The number of hydrogen-bond acceptors (Lipinski definition) is 7. The highest BCUT2D eigenvalue weighted by Crippen LogP contribution is 2.33. The minimum Gasteiger partial charge on any atom is -0.241 e. The average Bonchev–Trinajstić information content (AvgIpc) is 3.49. The van der Waals surface area contributed by atoms with Crippen LogP contribution in [0, 0.1) is 0 Å². The minimum absolute atomic E-state index is 0.363. The van der Waals surface area contributed by atoms with E-state index in [1.807, 2.05) is 28.3 Å². The predicted molar refractivity (Wildman–Crippen MR) is 96.8 cm³/mol. The zero-order valence-electron chi connectivity index (χ0n) is 13.9. The molecule has 0 radical (unpaired) electrons. The highest BCUT2D eigenvalue weighted by atomic mass is 32.1. The van der Waals surface area contributed by atoms with E-state index in [9.17, 15) is 0 Å². The van der Waals surface area contributed by atoms with Gasteiger partial charge in [0.2, 0.25) is 5.82 Å². The van der Waals surface area contributed by atoms with E-state index in [4.69, 9.17) is 15.1 Å². The number of pyridine rings is 1. The van der Waals surface area contributed by atoms with Gasteiger partial charge >= 0.3 is 0 Å². The maximum Gasteiger partial charge on any atom is 0.201 e. The van der Waals surface area contributed by atoms with Crippen LogP contribution in [0.15, 0.2) is 41.7 Å². The van der Waals surface area contributed by atoms with Crippen molar-refractivity contribution >= 4 is 11.3 Å². The van der Waals surface area contributed by atoms with Crippen molar-refractivity contribution in [2.75, 3.05) is 0 Å². The van der Waals surface area contributed by atoms with Crippen LogP contribution in [0.2, 0.25) is 0 Å². The van der Waals surface area contributed by atoms with E-state index in [0.717, 1.165) is 30.1 Å². The first-order valence-electron chi connectivity index (χ1n) is 8.56. The molecule has 0 spiro atoms. The number of hydrogen-bond donors (Lipinski definition) is 0. The molecule has 0 bridgehead atoms. The molecule has 26 heavy (non-hydrogen) atoms. The van der Waals surface area contributed by atoms with Crippen molar-refractivity contribution in [3.05, 3.63) is 41.7 Å². The SMILES string of the molecule is c1cc(-c2nc(-c3cscn3)nn2C2CCCC2)nc(-n2cncn2)c1. The second-order valence-corrected chi connectivity index (χ2v) is 6.96. The van der Waals surface area contributed by atoms with Gasteiger partial charge in [-0.2, -0.15) is 5.10 Å². The molecular weight excluding hydrogens is 348 g/mol. The van der Waals surface area contributed by atoms with E-state index in [2.05, 4.69) is 15.1 Å². The van der Waals surface area contributed by atoms with Crippen molar-refractivity contribution in [3.63, 3.8) is 0 Å². The third-order valence-electron chi connectivity index (χ3n) is 4.58. The summed E-state index contributed by atoms with van der Waals surface area (Å²) in [5.74, 6) is 2.14. The fraction of sp³-hybridized carbons (Fsp3) is 0.294. The molecular formula is C17H16N8S. The lowest BCUT2D eigenvalue weighted by Crippen LogP contribution is -2.10. The molecule has 0 aliphatic heterocycles. The van der Waals surface area contributed by atoms with Gasteiger partial charge < -0.3 is 0 Å². The van der Waals surface area contributed by atoms with Gasteiger partial charge in [-0.25, -0.2) is 29.3 Å². The Morgan fingerprint density at radius 1 is 1.08 bits per heavy atom. The van der Waals surface area contributed by atoms with Crippen molar-refractivity contribution in [3.8, 4) is 28.9 Å². The Morgan fingerprint density at radius 2 is 2.00 bits per heavy atom. The van der Waals surface area contributed by atoms with Gasteiger partial charge in [-0.3, -0.25) is 0 Å². The van der Waals surface area contributed by atoms with E-state index < -0.39 is 0 Å². The summed E-state index contributed by atoms with van der Waals surface area (Å²) in [4.78, 5) is 17.9. The van der Waals surface area contributed by atoms with Crippen LogP contribution in [0.25, 0.3) is 28.9 Å². The molecule has 1 fully saturated rings. The Balaban J connectivity index is 1.62. The normalized spacial score (nSPS) is 14.9. The monoisotopic (exact) mass is 364 g/mol. The minimum atomic E-state index is 0.363. The summed E-state index contributed by atoms with van der Waals surface area (Å²) in [5.41, 5.74) is 3.38. The Morgan fingerprint density at radius 3 is 2.77 bits per heavy atom. The molecule has 1 aliphatic carbocycles. The molecule has 4 heterocycles. The summed E-state index contributed by atoms with van der Waals surface area (Å²) < 4.78 is 3.68. The van der Waals surface area contributed by atoms with Crippen LogP contribution in [-0.2, 0) is 0 Å². The summed E-state index contributed by atoms with van der Waals surface area (Å²) in [6.07, 6.45) is 7.82. The molecule has 4 aromatic rings. The van der Waals surface area contributed by atoms with Crippen molar-refractivity contribution in [1.82, 2.24) is 39.5 Å². The first kappa shape index (κ1) is 15.3. The summed E-state index contributed by atoms with van der Waals surface area (Å²) in [5, 5.41) is 10.9. The smallest absolute Gasteiger partial charge is 0.201 e. The first-order valence-corrected chi connectivity index (χ1v) is 9.50. The Kier molecular flexibility index (Phi) is 3.78. The van der Waals surface area contributed by atoms with Crippen LogP contribution in [0.3, 0.4) is 0 Å². The third-order valence-corrected chi connectivity index (χ3v) is 5.17. The molecule has 0 N–H and O–H groups in total. The summed E-state index contributed by atoms with van der Waals surface area (Å²) >= 11 is 1.54. The maximum atomic E-state index is 4.78. The summed E-state index contributed by atoms with van der Waals surface area (Å²) in [7, 11) is 0. The van der Waals surface area contributed by atoms with E-state index >= 15 is 0 Å². The van der Waals surface area contributed by atoms with E-state index in [1.165, 1.54) is 19.2 Å². The van der Waals surface area contributed by atoms with Gasteiger partial charge in [-0.15, -0.1) is 16.4 Å². The van der Waals surface area contributed by atoms with Crippen molar-refractivity contribution in [1.29, 1.82) is 0 Å². The van der Waals surface area contributed by atoms with Crippen LogP contribution in [0.4, 0.5) is 0 Å². The second kappa shape index (κ2) is 6.41. The van der Waals surface area contributed by atoms with Gasteiger partial charge in [-0.1, -0.05) is 18.9 Å². The van der Waals surface area contributed by atoms with Gasteiger partial charge in [-0.05, 0) is 25.0 Å². The molecule has 0 unspecified atom stereocenters. The summed E-state index contributed by atoms with van der Waals surface area (Å²) in [6.45, 7) is 0. The Hall–Kier alpha value is -2.94. The molecule has 4 aromatic heterocycles. The second-order valence-electron chi connectivity index (χ2n) is 6.24. The van der Waals surface area contributed by atoms with E-state index in [1.54, 1.807) is 27.9 Å². The van der Waals surface area contributed by atoms with Gasteiger partial charge in [0.15, 0.2) is 11.6 Å². The maximum absolute atomic E-state index is 4.78. The van der Waals surface area contributed by atoms with Crippen LogP contribution in [-0.4, -0.2) is 39.5 Å². The highest BCUT2D eigenvalue weighted by molar-refractivity contribution is 7.07. The molecule has 0 amide bonds. The molecule has 0 aromatic carbocycles. The molecule has 0 atom stereocenters. The van der Waals surface area contributed by atoms with E-state index in [-0.39, 0.29) is 0 Å². The Bertz CT molecular complexity index is 1000. The molecule has 0 saturated heterocycles. The van der Waals surface area contributed by atoms with Crippen molar-refractivity contribution in [2.45, 2.75) is 31.7 Å². The van der Waals surface area contributed by atoms with Crippen molar-refractivity contribution in [2.24, 2.45) is 0 Å². The predicted octanol–water partition coefficient (Wildman–Crippen LogP) is 3.16. The van der Waals surface area contributed by atoms with Gasteiger partial charge in [0.05, 0.1) is 11.6 Å². The lowest BCUT2D eigenvalue weighted by molar-refractivity contribution is 0.471. The highest BCUT2D eigenvalue weighted by Gasteiger charge is 2.24. The van der Waals surface area contributed by atoms with Crippen LogP contribution in [0.5, 0.6) is 0 Å². The zero-order chi connectivity index (χ0) is 17.3. The van der Waals surface area contributed by atoms with E-state index in [0.29, 0.717) is 17.7 Å². The van der Waals surface area contributed by atoms with Gasteiger partial charge in [0.25, 0.3) is 0 Å². The molecule has 130 valence electrons. The number of aromatic nitrogens is 8. The van der Waals surface area contributed by atoms with Crippen molar-refractivity contribution < 1.29 is 0 Å². The van der Waals surface area contributed by atoms with Crippen LogP contribution >= 0.6 is 11.3 Å². The van der Waals surface area contributed by atoms with Crippen LogP contribution < -0.4 is 0 Å². The third kappa shape index (κ3) is 2.70. The lowest BCUT2D eigenvalue weighted by atomic mass is 10.2. The topological polar surface area (TPSA) is 87.2 Å².